The number of aryl methyl sites for hydroxylation is 2. The van der Waals surface area contributed by atoms with Crippen LogP contribution in [0, 0.1) is 6.92 Å². The first-order chi connectivity index (χ1) is 14.1. The number of fused-ring (bicyclic) bond motifs is 1. The number of carbonyl (C=O) groups excluding carboxylic acids is 1. The molecule has 0 radical (unpaired) electrons. The molecule has 2 aromatic carbocycles. The largest absolute Gasteiger partial charge is 0.326 e. The minimum Gasteiger partial charge on any atom is -0.326 e. The standard InChI is InChI=1S/C21H18N4O2S2/c1-14-12-28-21(23-14)29-16-8-6-15(7-9-16)24-19(26)10-11-25-13-22-18-5-3-2-4-17(18)20(25)27/h2-9,12-13H,10-11H2,1H3,(H,24,26). The first-order valence-electron chi connectivity index (χ1n) is 9.02. The zero-order valence-electron chi connectivity index (χ0n) is 15.7. The number of thiazole rings is 1. The Morgan fingerprint density at radius 3 is 2.72 bits per heavy atom. The van der Waals surface area contributed by atoms with Crippen molar-refractivity contribution in [3.63, 3.8) is 0 Å². The van der Waals surface area contributed by atoms with Gasteiger partial charge in [0.1, 0.15) is 0 Å². The van der Waals surface area contributed by atoms with Gasteiger partial charge >= 0.3 is 0 Å². The minimum atomic E-state index is -0.152. The number of hydrogen-bond donors (Lipinski definition) is 1. The molecular formula is C21H18N4O2S2. The Balaban J connectivity index is 1.35. The average molecular weight is 423 g/mol. The van der Waals surface area contributed by atoms with Gasteiger partial charge in [-0.25, -0.2) is 9.97 Å². The molecular weight excluding hydrogens is 404 g/mol. The zero-order chi connectivity index (χ0) is 20.2. The number of nitrogens with one attached hydrogen (secondary N) is 1. The monoisotopic (exact) mass is 422 g/mol. The second-order valence-electron chi connectivity index (χ2n) is 6.44. The van der Waals surface area contributed by atoms with E-state index in [-0.39, 0.29) is 24.4 Å². The van der Waals surface area contributed by atoms with Crippen LogP contribution in [0.3, 0.4) is 0 Å². The van der Waals surface area contributed by atoms with Crippen molar-refractivity contribution in [2.45, 2.75) is 29.1 Å². The molecule has 2 heterocycles. The minimum absolute atomic E-state index is 0.137. The number of amides is 1. The van der Waals surface area contributed by atoms with Gasteiger partial charge in [0.05, 0.1) is 17.2 Å². The fourth-order valence-electron chi connectivity index (χ4n) is 2.80. The number of rotatable bonds is 6. The first-order valence-corrected chi connectivity index (χ1v) is 10.7. The van der Waals surface area contributed by atoms with Gasteiger partial charge in [-0.05, 0) is 43.3 Å². The number of aromatic nitrogens is 3. The molecule has 1 N–H and O–H groups in total. The van der Waals surface area contributed by atoms with Crippen LogP contribution >= 0.6 is 23.1 Å². The molecule has 0 saturated heterocycles. The molecule has 2 aromatic heterocycles. The van der Waals surface area contributed by atoms with E-state index in [1.54, 1.807) is 41.3 Å². The van der Waals surface area contributed by atoms with E-state index in [4.69, 9.17) is 0 Å². The SMILES string of the molecule is Cc1csc(Sc2ccc(NC(=O)CCn3cnc4ccccc4c3=O)cc2)n1. The van der Waals surface area contributed by atoms with Crippen LogP contribution < -0.4 is 10.9 Å². The Kier molecular flexibility index (Phi) is 5.73. The van der Waals surface area contributed by atoms with Crippen molar-refractivity contribution in [2.75, 3.05) is 5.32 Å². The maximum Gasteiger partial charge on any atom is 0.261 e. The van der Waals surface area contributed by atoms with Gasteiger partial charge in [0.15, 0.2) is 4.34 Å². The molecule has 29 heavy (non-hydrogen) atoms. The smallest absolute Gasteiger partial charge is 0.261 e. The summed E-state index contributed by atoms with van der Waals surface area (Å²) < 4.78 is 2.46. The van der Waals surface area contributed by atoms with Crippen molar-refractivity contribution in [2.24, 2.45) is 0 Å². The van der Waals surface area contributed by atoms with Gasteiger partial charge in [-0.15, -0.1) is 11.3 Å². The van der Waals surface area contributed by atoms with E-state index in [9.17, 15) is 9.59 Å². The third-order valence-electron chi connectivity index (χ3n) is 4.25. The Bertz CT molecular complexity index is 1220. The molecule has 0 spiro atoms. The molecule has 0 fully saturated rings. The topological polar surface area (TPSA) is 76.9 Å². The normalized spacial score (nSPS) is 10.9. The molecule has 0 saturated carbocycles. The van der Waals surface area contributed by atoms with E-state index in [1.807, 2.05) is 42.6 Å². The van der Waals surface area contributed by atoms with Gasteiger partial charge in [0, 0.05) is 34.6 Å². The summed E-state index contributed by atoms with van der Waals surface area (Å²) >= 11 is 3.21. The van der Waals surface area contributed by atoms with E-state index >= 15 is 0 Å². The van der Waals surface area contributed by atoms with E-state index < -0.39 is 0 Å². The van der Waals surface area contributed by atoms with Gasteiger partial charge in [0.2, 0.25) is 5.91 Å². The molecule has 0 bridgehead atoms. The van der Waals surface area contributed by atoms with Gasteiger partial charge in [0.25, 0.3) is 5.56 Å². The lowest BCUT2D eigenvalue weighted by atomic mass is 10.2. The molecule has 8 heteroatoms. The number of benzene rings is 2. The van der Waals surface area contributed by atoms with Crippen LogP contribution in [0.1, 0.15) is 12.1 Å². The van der Waals surface area contributed by atoms with Crippen molar-refractivity contribution in [1.82, 2.24) is 14.5 Å². The van der Waals surface area contributed by atoms with Crippen molar-refractivity contribution in [1.29, 1.82) is 0 Å². The van der Waals surface area contributed by atoms with E-state index in [2.05, 4.69) is 15.3 Å². The lowest BCUT2D eigenvalue weighted by Gasteiger charge is -2.08. The first kappa shape index (κ1) is 19.4. The Labute approximate surface area is 175 Å². The van der Waals surface area contributed by atoms with Crippen LogP contribution in [-0.4, -0.2) is 20.4 Å². The molecule has 4 aromatic rings. The molecule has 4 rings (SSSR count). The summed E-state index contributed by atoms with van der Waals surface area (Å²) in [6, 6.07) is 14.8. The molecule has 6 nitrogen and oxygen atoms in total. The highest BCUT2D eigenvalue weighted by Gasteiger charge is 2.08. The third-order valence-corrected chi connectivity index (χ3v) is 6.32. The van der Waals surface area contributed by atoms with E-state index in [0.717, 1.165) is 20.6 Å². The molecule has 0 aliphatic carbocycles. The maximum absolute atomic E-state index is 12.5. The predicted octanol–water partition coefficient (Wildman–Crippen LogP) is 4.34. The summed E-state index contributed by atoms with van der Waals surface area (Å²) in [5, 5.41) is 5.44. The van der Waals surface area contributed by atoms with Gasteiger partial charge in [-0.2, -0.15) is 0 Å². The van der Waals surface area contributed by atoms with Crippen LogP contribution in [0.4, 0.5) is 5.69 Å². The van der Waals surface area contributed by atoms with Crippen molar-refractivity contribution >= 4 is 45.6 Å². The zero-order valence-corrected chi connectivity index (χ0v) is 17.3. The Hall–Kier alpha value is -2.97. The highest BCUT2D eigenvalue weighted by molar-refractivity contribution is 8.01. The third kappa shape index (κ3) is 4.72. The van der Waals surface area contributed by atoms with Gasteiger partial charge in [-0.1, -0.05) is 23.9 Å². The van der Waals surface area contributed by atoms with Crippen molar-refractivity contribution in [3.05, 3.63) is 76.3 Å². The predicted molar refractivity (Wildman–Crippen MR) is 117 cm³/mol. The summed E-state index contributed by atoms with van der Waals surface area (Å²) in [5.74, 6) is -0.152. The highest BCUT2D eigenvalue weighted by atomic mass is 32.2. The van der Waals surface area contributed by atoms with Gasteiger partial charge < -0.3 is 5.32 Å². The fourth-order valence-corrected chi connectivity index (χ4v) is 4.61. The lowest BCUT2D eigenvalue weighted by molar-refractivity contribution is -0.116. The Morgan fingerprint density at radius 2 is 1.97 bits per heavy atom. The van der Waals surface area contributed by atoms with Crippen molar-refractivity contribution in [3.8, 4) is 0 Å². The van der Waals surface area contributed by atoms with E-state index in [0.29, 0.717) is 10.9 Å². The molecule has 0 unspecified atom stereocenters. The summed E-state index contributed by atoms with van der Waals surface area (Å²) in [5.41, 5.74) is 2.26. The highest BCUT2D eigenvalue weighted by Crippen LogP contribution is 2.30. The summed E-state index contributed by atoms with van der Waals surface area (Å²) in [6.07, 6.45) is 1.68. The summed E-state index contributed by atoms with van der Waals surface area (Å²) in [7, 11) is 0. The van der Waals surface area contributed by atoms with Crippen LogP contribution in [0.2, 0.25) is 0 Å². The summed E-state index contributed by atoms with van der Waals surface area (Å²) in [6.45, 7) is 2.25. The second-order valence-corrected chi connectivity index (χ2v) is 8.62. The van der Waals surface area contributed by atoms with Crippen LogP contribution in [0.5, 0.6) is 0 Å². The second kappa shape index (κ2) is 8.59. The van der Waals surface area contributed by atoms with E-state index in [1.165, 1.54) is 10.9 Å². The van der Waals surface area contributed by atoms with Gasteiger partial charge in [-0.3, -0.25) is 14.2 Å². The van der Waals surface area contributed by atoms with Crippen molar-refractivity contribution < 1.29 is 4.79 Å². The van der Waals surface area contributed by atoms with Crippen LogP contribution in [-0.2, 0) is 11.3 Å². The van der Waals surface area contributed by atoms with Crippen LogP contribution in [0.15, 0.2) is 74.3 Å². The number of nitrogens with zero attached hydrogens (tertiary/aromatic N) is 3. The molecule has 0 atom stereocenters. The molecule has 146 valence electrons. The number of para-hydroxylation sites is 1. The average Bonchev–Trinajstić information content (AvgIpc) is 3.14. The summed E-state index contributed by atoms with van der Waals surface area (Å²) in [4.78, 5) is 34.5. The number of carbonyl (C=O) groups is 1. The molecule has 1 amide bonds. The Morgan fingerprint density at radius 1 is 1.17 bits per heavy atom. The molecule has 0 aliphatic rings. The quantitative estimate of drug-likeness (QED) is 0.500. The fraction of sp³-hybridized carbons (Fsp3) is 0.143. The lowest BCUT2D eigenvalue weighted by Crippen LogP contribution is -2.23. The van der Waals surface area contributed by atoms with Crippen LogP contribution in [0.25, 0.3) is 10.9 Å². The number of hydrogen-bond acceptors (Lipinski definition) is 6. The number of anilines is 1. The molecule has 0 aliphatic heterocycles. The maximum atomic E-state index is 12.5.